The third-order valence-corrected chi connectivity index (χ3v) is 4.11. The van der Waals surface area contributed by atoms with Gasteiger partial charge < -0.3 is 0 Å². The molecule has 0 aliphatic carbocycles. The molecule has 0 aromatic heterocycles. The second-order valence-corrected chi connectivity index (χ2v) is 6.92. The van der Waals surface area contributed by atoms with Crippen molar-refractivity contribution >= 4 is 16.2 Å². The number of nitrogens with zero attached hydrogens (tertiary/aromatic N) is 1. The average Bonchev–Trinajstić information content (AvgIpc) is 2.28. The van der Waals surface area contributed by atoms with Gasteiger partial charge in [-0.2, -0.15) is 0 Å². The van der Waals surface area contributed by atoms with Crippen LogP contribution >= 0.6 is 0 Å². The molecule has 0 unspecified atom stereocenters. The lowest BCUT2D eigenvalue weighted by molar-refractivity contribution is -0.816. The Kier molecular flexibility index (Phi) is 4.70. The molecule has 0 spiro atoms. The lowest BCUT2D eigenvalue weighted by atomic mass is 10.1. The van der Waals surface area contributed by atoms with E-state index < -0.39 is 15.6 Å². The van der Waals surface area contributed by atoms with Crippen LogP contribution in [-0.4, -0.2) is 36.7 Å². The van der Waals surface area contributed by atoms with Crippen LogP contribution in [0.4, 0.5) is 0 Å². The second kappa shape index (κ2) is 5.71. The van der Waals surface area contributed by atoms with Crippen molar-refractivity contribution in [3.63, 3.8) is 0 Å². The van der Waals surface area contributed by atoms with Crippen LogP contribution in [0, 0.1) is 0 Å². The molecule has 0 fully saturated rings. The van der Waals surface area contributed by atoms with Crippen molar-refractivity contribution in [3.8, 4) is 0 Å². The van der Waals surface area contributed by atoms with Crippen molar-refractivity contribution in [2.75, 3.05) is 6.54 Å². The fourth-order valence-electron chi connectivity index (χ4n) is 1.43. The highest BCUT2D eigenvalue weighted by Gasteiger charge is 2.26. The molecule has 1 aromatic rings. The molecule has 0 atom stereocenters. The number of rotatable bonds is 4. The van der Waals surface area contributed by atoms with E-state index in [1.807, 2.05) is 20.8 Å². The highest BCUT2D eigenvalue weighted by Crippen LogP contribution is 2.14. The molecule has 0 saturated carbocycles. The zero-order chi connectivity index (χ0) is 14.7. The van der Waals surface area contributed by atoms with E-state index in [2.05, 4.69) is 4.72 Å². The largest absolute Gasteiger partial charge is 0.290 e. The molecule has 0 aliphatic heterocycles. The van der Waals surface area contributed by atoms with Crippen molar-refractivity contribution < 1.29 is 18.4 Å². The molecule has 0 radical (unpaired) electrons. The van der Waals surface area contributed by atoms with Crippen LogP contribution in [0.25, 0.3) is 0 Å². The fraction of sp³-hybridized carbons (Fsp3) is 0.462. The third kappa shape index (κ3) is 4.04. The molecule has 0 heterocycles. The van der Waals surface area contributed by atoms with Crippen LogP contribution in [-0.2, 0) is 10.0 Å². The van der Waals surface area contributed by atoms with Crippen molar-refractivity contribution in [3.05, 3.63) is 29.8 Å². The molecule has 1 aromatic carbocycles. The van der Waals surface area contributed by atoms with Crippen LogP contribution in [0.2, 0.25) is 0 Å². The maximum atomic E-state index is 12.1. The van der Waals surface area contributed by atoms with Gasteiger partial charge in [0.2, 0.25) is 21.8 Å². The van der Waals surface area contributed by atoms with Gasteiger partial charge in [0.1, 0.15) is 0 Å². The predicted molar refractivity (Wildman–Crippen MR) is 74.3 cm³/mol. The summed E-state index contributed by atoms with van der Waals surface area (Å²) in [6, 6.07) is 6.55. The number of sulfonamides is 1. The second-order valence-electron chi connectivity index (χ2n) is 5.18. The molecule has 0 amide bonds. The predicted octanol–water partition coefficient (Wildman–Crippen LogP) is 1.60. The van der Waals surface area contributed by atoms with Gasteiger partial charge in [-0.1, -0.05) is 19.1 Å². The molecule has 0 bridgehead atoms. The van der Waals surface area contributed by atoms with Crippen LogP contribution in [0.1, 0.15) is 33.3 Å². The van der Waals surface area contributed by atoms with Crippen LogP contribution in [0.3, 0.4) is 0 Å². The first-order valence-electron chi connectivity index (χ1n) is 6.10. The van der Waals surface area contributed by atoms with Gasteiger partial charge in [0, 0.05) is 27.3 Å². The third-order valence-electron chi connectivity index (χ3n) is 2.49. The Morgan fingerprint density at radius 1 is 1.32 bits per heavy atom. The standard InChI is InChI=1S/C13H21N2O3S/c1-5-14-19(17,18)12-9-7-6-8-11(12)10-15(16)13(2,3)4/h6-10,14,16H,5H2,1-4H3/q+1/b15-10-. The number of hydroxylamine groups is 1. The van der Waals surface area contributed by atoms with E-state index in [-0.39, 0.29) is 4.90 Å². The van der Waals surface area contributed by atoms with Gasteiger partial charge in [0.25, 0.3) is 0 Å². The molecule has 5 nitrogen and oxygen atoms in total. The summed E-state index contributed by atoms with van der Waals surface area (Å²) in [4.78, 5) is 0.153. The van der Waals surface area contributed by atoms with E-state index >= 15 is 0 Å². The van der Waals surface area contributed by atoms with Crippen molar-refractivity contribution in [2.45, 2.75) is 38.1 Å². The molecule has 106 valence electrons. The van der Waals surface area contributed by atoms with Crippen molar-refractivity contribution in [2.24, 2.45) is 0 Å². The smallest absolute Gasteiger partial charge is 0.241 e. The maximum absolute atomic E-state index is 12.1. The molecule has 1 rings (SSSR count). The number of benzene rings is 1. The Bertz CT molecular complexity index is 572. The molecule has 0 saturated heterocycles. The molecular formula is C13H21N2O3S+. The van der Waals surface area contributed by atoms with E-state index in [4.69, 9.17) is 0 Å². The number of hydrogen-bond donors (Lipinski definition) is 2. The van der Waals surface area contributed by atoms with E-state index in [9.17, 15) is 13.6 Å². The fourth-order valence-corrected chi connectivity index (χ4v) is 2.65. The summed E-state index contributed by atoms with van der Waals surface area (Å²) in [6.45, 7) is 7.51. The summed E-state index contributed by atoms with van der Waals surface area (Å²) in [7, 11) is -3.55. The first-order valence-corrected chi connectivity index (χ1v) is 7.58. The molecule has 19 heavy (non-hydrogen) atoms. The molecular weight excluding hydrogens is 264 g/mol. The van der Waals surface area contributed by atoms with Crippen LogP contribution in [0.5, 0.6) is 0 Å². The van der Waals surface area contributed by atoms with Gasteiger partial charge in [-0.05, 0) is 16.9 Å². The van der Waals surface area contributed by atoms with Gasteiger partial charge in [0.05, 0.1) is 10.5 Å². The van der Waals surface area contributed by atoms with E-state index in [0.717, 1.165) is 4.74 Å². The van der Waals surface area contributed by atoms with E-state index in [1.54, 1.807) is 25.1 Å². The normalized spacial score (nSPS) is 13.6. The minimum Gasteiger partial charge on any atom is -0.290 e. The Labute approximate surface area is 114 Å². The SMILES string of the molecule is CCNS(=O)(=O)c1ccccc1/C=[N+](\O)C(C)(C)C. The lowest BCUT2D eigenvalue weighted by Gasteiger charge is -2.11. The van der Waals surface area contributed by atoms with Crippen molar-refractivity contribution in [1.29, 1.82) is 0 Å². The minimum absolute atomic E-state index is 0.153. The zero-order valence-electron chi connectivity index (χ0n) is 11.7. The summed E-state index contributed by atoms with van der Waals surface area (Å²) >= 11 is 0. The monoisotopic (exact) mass is 285 g/mol. The summed E-state index contributed by atoms with van der Waals surface area (Å²) in [6.07, 6.45) is 1.42. The van der Waals surface area contributed by atoms with E-state index in [1.165, 1.54) is 12.3 Å². The lowest BCUT2D eigenvalue weighted by Crippen LogP contribution is -2.32. The Morgan fingerprint density at radius 3 is 2.42 bits per heavy atom. The molecule has 2 N–H and O–H groups in total. The highest BCUT2D eigenvalue weighted by atomic mass is 32.2. The van der Waals surface area contributed by atoms with Gasteiger partial charge in [-0.15, -0.1) is 0 Å². The topological polar surface area (TPSA) is 69.4 Å². The van der Waals surface area contributed by atoms with Gasteiger partial charge >= 0.3 is 0 Å². The average molecular weight is 285 g/mol. The highest BCUT2D eigenvalue weighted by molar-refractivity contribution is 7.89. The number of hydrogen-bond acceptors (Lipinski definition) is 3. The van der Waals surface area contributed by atoms with Crippen molar-refractivity contribution in [1.82, 2.24) is 4.72 Å². The molecule has 6 heteroatoms. The van der Waals surface area contributed by atoms with E-state index in [0.29, 0.717) is 12.1 Å². The Morgan fingerprint density at radius 2 is 1.89 bits per heavy atom. The maximum Gasteiger partial charge on any atom is 0.241 e. The van der Waals surface area contributed by atoms with Gasteiger partial charge in [-0.3, -0.25) is 5.21 Å². The minimum atomic E-state index is -3.55. The zero-order valence-corrected chi connectivity index (χ0v) is 12.5. The number of nitrogens with one attached hydrogen (secondary N) is 1. The van der Waals surface area contributed by atoms with Gasteiger partial charge in [-0.25, -0.2) is 13.1 Å². The Hall–Kier alpha value is -1.40. The summed E-state index contributed by atoms with van der Waals surface area (Å²) < 4.78 is 27.6. The quantitative estimate of drug-likeness (QED) is 0.382. The first kappa shape index (κ1) is 15.7. The van der Waals surface area contributed by atoms with Crippen LogP contribution < -0.4 is 4.72 Å². The summed E-state index contributed by atoms with van der Waals surface area (Å²) in [5, 5.41) is 9.92. The molecule has 0 aliphatic rings. The summed E-state index contributed by atoms with van der Waals surface area (Å²) in [5.41, 5.74) is -0.0596. The first-order chi connectivity index (χ1) is 8.68. The van der Waals surface area contributed by atoms with Gasteiger partial charge in [0.15, 0.2) is 0 Å². The Balaban J connectivity index is 3.33. The summed E-state index contributed by atoms with van der Waals surface area (Å²) in [5.74, 6) is 0. The van der Waals surface area contributed by atoms with Crippen LogP contribution in [0.15, 0.2) is 29.2 Å².